The van der Waals surface area contributed by atoms with Gasteiger partial charge in [0.05, 0.1) is 4.92 Å². The van der Waals surface area contributed by atoms with Crippen LogP contribution in [0.2, 0.25) is 5.02 Å². The maximum atomic E-state index is 10.8. The van der Waals surface area contributed by atoms with Crippen molar-refractivity contribution in [1.82, 2.24) is 0 Å². The average molecular weight is 286 g/mol. The van der Waals surface area contributed by atoms with Gasteiger partial charge in [-0.3, -0.25) is 10.1 Å². The van der Waals surface area contributed by atoms with Crippen LogP contribution in [-0.2, 0) is 0 Å². The monoisotopic (exact) mass is 285 g/mol. The van der Waals surface area contributed by atoms with E-state index in [0.717, 1.165) is 17.8 Å². The highest BCUT2D eigenvalue weighted by Gasteiger charge is 2.21. The van der Waals surface area contributed by atoms with E-state index in [9.17, 15) is 10.1 Å². The van der Waals surface area contributed by atoms with Gasteiger partial charge < -0.3 is 10.6 Å². The van der Waals surface area contributed by atoms with Crippen molar-refractivity contribution in [3.8, 4) is 0 Å². The molecule has 0 spiro atoms. The number of nitro benzene ring substituents is 1. The number of anilines is 1. The number of hydrogen-bond donors (Lipinski definition) is 1. The smallest absolute Gasteiger partial charge is 0.288 e. The predicted octanol–water partition coefficient (Wildman–Crippen LogP) is 2.98. The average Bonchev–Trinajstić information content (AvgIpc) is 2.30. The minimum atomic E-state index is -0.469. The molecular weight excluding hydrogens is 266 g/mol. The molecule has 106 valence electrons. The maximum Gasteiger partial charge on any atom is 0.288 e. The summed E-state index contributed by atoms with van der Waals surface area (Å²) in [5.74, 6) is 0. The van der Waals surface area contributed by atoms with Crippen LogP contribution >= 0.6 is 11.6 Å². The zero-order valence-corrected chi connectivity index (χ0v) is 12.5. The van der Waals surface area contributed by atoms with Crippen LogP contribution in [0.5, 0.6) is 0 Å². The topological polar surface area (TPSA) is 72.4 Å². The quantitative estimate of drug-likeness (QED) is 0.667. The summed E-state index contributed by atoms with van der Waals surface area (Å²) in [6, 6.07) is 3.14. The van der Waals surface area contributed by atoms with Crippen molar-refractivity contribution in [3.63, 3.8) is 0 Å². The molecule has 0 radical (unpaired) electrons. The molecule has 0 unspecified atom stereocenters. The van der Waals surface area contributed by atoms with Crippen molar-refractivity contribution in [3.05, 3.63) is 32.8 Å². The molecule has 0 aromatic heterocycles. The molecule has 0 aliphatic heterocycles. The second kappa shape index (κ2) is 5.75. The summed E-state index contributed by atoms with van der Waals surface area (Å²) < 4.78 is 0. The van der Waals surface area contributed by atoms with Crippen molar-refractivity contribution in [2.45, 2.75) is 20.8 Å². The molecule has 0 saturated heterocycles. The van der Waals surface area contributed by atoms with E-state index in [1.165, 1.54) is 6.07 Å². The summed E-state index contributed by atoms with van der Waals surface area (Å²) in [6.07, 6.45) is 0. The van der Waals surface area contributed by atoms with Crippen LogP contribution in [0, 0.1) is 22.5 Å². The van der Waals surface area contributed by atoms with Crippen LogP contribution < -0.4 is 10.6 Å². The molecular formula is C13H20ClN3O2. The van der Waals surface area contributed by atoms with Gasteiger partial charge in [-0.25, -0.2) is 0 Å². The molecule has 0 aliphatic rings. The van der Waals surface area contributed by atoms with E-state index in [2.05, 4.69) is 13.8 Å². The van der Waals surface area contributed by atoms with Gasteiger partial charge in [0.15, 0.2) is 0 Å². The molecule has 0 aliphatic carbocycles. The lowest BCUT2D eigenvalue weighted by Crippen LogP contribution is -2.37. The Hall–Kier alpha value is -1.33. The molecule has 2 N–H and O–H groups in total. The Balaban J connectivity index is 3.08. The third-order valence-electron chi connectivity index (χ3n) is 3.09. The van der Waals surface area contributed by atoms with Crippen molar-refractivity contribution < 1.29 is 4.92 Å². The van der Waals surface area contributed by atoms with E-state index in [-0.39, 0.29) is 16.1 Å². The SMILES string of the molecule is Cc1cc([N+](=O)[O-])c(Cl)cc1N(C)CC(C)(C)CN. The second-order valence-electron chi connectivity index (χ2n) is 5.57. The molecule has 5 nitrogen and oxygen atoms in total. The van der Waals surface area contributed by atoms with Crippen molar-refractivity contribution in [2.24, 2.45) is 11.1 Å². The van der Waals surface area contributed by atoms with Gasteiger partial charge in [0.1, 0.15) is 5.02 Å². The fraction of sp³-hybridized carbons (Fsp3) is 0.538. The fourth-order valence-electron chi connectivity index (χ4n) is 2.00. The number of nitrogens with two attached hydrogens (primary N) is 1. The van der Waals surface area contributed by atoms with E-state index >= 15 is 0 Å². The summed E-state index contributed by atoms with van der Waals surface area (Å²) in [6.45, 7) is 7.30. The Labute approximate surface area is 118 Å². The van der Waals surface area contributed by atoms with Gasteiger partial charge in [0.2, 0.25) is 0 Å². The van der Waals surface area contributed by atoms with Gasteiger partial charge in [0.25, 0.3) is 5.69 Å². The van der Waals surface area contributed by atoms with Gasteiger partial charge in [-0.1, -0.05) is 25.4 Å². The molecule has 1 aromatic carbocycles. The summed E-state index contributed by atoms with van der Waals surface area (Å²) in [7, 11) is 1.93. The maximum absolute atomic E-state index is 10.8. The third-order valence-corrected chi connectivity index (χ3v) is 3.39. The zero-order chi connectivity index (χ0) is 14.8. The molecule has 0 saturated carbocycles. The first-order chi connectivity index (χ1) is 8.68. The number of benzene rings is 1. The molecule has 1 rings (SSSR count). The summed E-state index contributed by atoms with van der Waals surface area (Å²) in [4.78, 5) is 12.4. The first-order valence-corrected chi connectivity index (χ1v) is 6.41. The van der Waals surface area contributed by atoms with Crippen molar-refractivity contribution in [2.75, 3.05) is 25.0 Å². The lowest BCUT2D eigenvalue weighted by atomic mass is 9.93. The molecule has 1 aromatic rings. The lowest BCUT2D eigenvalue weighted by Gasteiger charge is -2.31. The molecule has 0 bridgehead atoms. The highest BCUT2D eigenvalue weighted by Crippen LogP contribution is 2.33. The summed E-state index contributed by atoms with van der Waals surface area (Å²) in [5, 5.41) is 11.0. The van der Waals surface area contributed by atoms with Crippen molar-refractivity contribution >= 4 is 23.0 Å². The normalized spacial score (nSPS) is 11.5. The van der Waals surface area contributed by atoms with E-state index in [1.54, 1.807) is 6.07 Å². The number of nitro groups is 1. The number of nitrogens with zero attached hydrogens (tertiary/aromatic N) is 2. The van der Waals surface area contributed by atoms with Crippen LogP contribution in [0.4, 0.5) is 11.4 Å². The van der Waals surface area contributed by atoms with Gasteiger partial charge >= 0.3 is 0 Å². The standard InChI is InChI=1S/C13H20ClN3O2/c1-9-5-12(17(18)19)10(14)6-11(9)16(4)8-13(2,3)7-15/h5-6H,7-8,15H2,1-4H3. The minimum Gasteiger partial charge on any atom is -0.374 e. The number of aryl methyl sites for hydroxylation is 1. The number of rotatable bonds is 5. The zero-order valence-electron chi connectivity index (χ0n) is 11.7. The first kappa shape index (κ1) is 15.7. The lowest BCUT2D eigenvalue weighted by molar-refractivity contribution is -0.384. The first-order valence-electron chi connectivity index (χ1n) is 6.03. The molecule has 0 heterocycles. The Morgan fingerprint density at radius 1 is 1.47 bits per heavy atom. The van der Waals surface area contributed by atoms with Crippen LogP contribution in [0.1, 0.15) is 19.4 Å². The van der Waals surface area contributed by atoms with E-state index < -0.39 is 4.92 Å². The molecule has 19 heavy (non-hydrogen) atoms. The molecule has 6 heteroatoms. The van der Waals surface area contributed by atoms with Crippen LogP contribution in [0.25, 0.3) is 0 Å². The van der Waals surface area contributed by atoms with Gasteiger partial charge in [-0.05, 0) is 30.5 Å². The Kier molecular flexibility index (Phi) is 4.76. The summed E-state index contributed by atoms with van der Waals surface area (Å²) >= 11 is 5.95. The Morgan fingerprint density at radius 3 is 2.53 bits per heavy atom. The highest BCUT2D eigenvalue weighted by molar-refractivity contribution is 6.33. The van der Waals surface area contributed by atoms with Crippen LogP contribution in [0.3, 0.4) is 0 Å². The minimum absolute atomic E-state index is 0.0323. The molecule has 0 amide bonds. The summed E-state index contributed by atoms with van der Waals surface area (Å²) in [5.41, 5.74) is 7.34. The molecule has 0 atom stereocenters. The fourth-order valence-corrected chi connectivity index (χ4v) is 2.23. The Bertz CT molecular complexity index is 489. The van der Waals surface area contributed by atoms with Crippen molar-refractivity contribution in [1.29, 1.82) is 0 Å². The van der Waals surface area contributed by atoms with Crippen LogP contribution in [0.15, 0.2) is 12.1 Å². The predicted molar refractivity (Wildman–Crippen MR) is 78.9 cm³/mol. The number of hydrogen-bond acceptors (Lipinski definition) is 4. The number of halogens is 1. The van der Waals surface area contributed by atoms with Gasteiger partial charge in [0, 0.05) is 25.3 Å². The van der Waals surface area contributed by atoms with Gasteiger partial charge in [-0.15, -0.1) is 0 Å². The second-order valence-corrected chi connectivity index (χ2v) is 5.98. The van der Waals surface area contributed by atoms with Gasteiger partial charge in [-0.2, -0.15) is 0 Å². The van der Waals surface area contributed by atoms with E-state index in [4.69, 9.17) is 17.3 Å². The third kappa shape index (κ3) is 3.81. The largest absolute Gasteiger partial charge is 0.374 e. The van der Waals surface area contributed by atoms with E-state index in [0.29, 0.717) is 6.54 Å². The van der Waals surface area contributed by atoms with E-state index in [1.807, 2.05) is 18.9 Å². The highest BCUT2D eigenvalue weighted by atomic mass is 35.5. The molecule has 0 fully saturated rings. The van der Waals surface area contributed by atoms with Crippen LogP contribution in [-0.4, -0.2) is 25.1 Å². The Morgan fingerprint density at radius 2 is 2.05 bits per heavy atom.